The molecule has 0 aliphatic carbocycles. The molecule has 0 aromatic carbocycles. The van der Waals surface area contributed by atoms with Crippen molar-refractivity contribution >= 4 is 23.1 Å². The van der Waals surface area contributed by atoms with Crippen molar-refractivity contribution in [2.75, 3.05) is 25.0 Å². The largest absolute Gasteiger partial charge is 0.368 e. The number of nitrogens with one attached hydrogen (secondary N) is 1. The van der Waals surface area contributed by atoms with Gasteiger partial charge in [0, 0.05) is 30.7 Å². The highest BCUT2D eigenvalue weighted by molar-refractivity contribution is 7.09. The van der Waals surface area contributed by atoms with Crippen LogP contribution < -0.4 is 5.32 Å². The van der Waals surface area contributed by atoms with Crippen molar-refractivity contribution in [3.05, 3.63) is 28.4 Å². The van der Waals surface area contributed by atoms with Crippen LogP contribution in [0.5, 0.6) is 0 Å². The van der Waals surface area contributed by atoms with Gasteiger partial charge in [0.1, 0.15) is 16.9 Å². The summed E-state index contributed by atoms with van der Waals surface area (Å²) in [5.41, 5.74) is 0. The molecule has 2 aromatic heterocycles. The molecule has 3 rings (SSSR count). The normalized spacial score (nSPS) is 20.3. The van der Waals surface area contributed by atoms with E-state index in [0.29, 0.717) is 31.2 Å². The molecule has 3 heterocycles. The Labute approximate surface area is 138 Å². The molecule has 0 unspecified atom stereocenters. The van der Waals surface area contributed by atoms with Crippen molar-refractivity contribution in [3.8, 4) is 0 Å². The van der Waals surface area contributed by atoms with Gasteiger partial charge < -0.3 is 14.6 Å². The van der Waals surface area contributed by atoms with Gasteiger partial charge in [-0.05, 0) is 13.3 Å². The number of rotatable bonds is 5. The second kappa shape index (κ2) is 7.20. The van der Waals surface area contributed by atoms with Crippen molar-refractivity contribution in [2.24, 2.45) is 0 Å². The lowest BCUT2D eigenvalue weighted by Gasteiger charge is -2.36. The van der Waals surface area contributed by atoms with Gasteiger partial charge in [-0.3, -0.25) is 9.69 Å². The van der Waals surface area contributed by atoms with E-state index in [4.69, 9.17) is 9.26 Å². The molecular formula is C15H20N4O3S. The molecule has 0 bridgehead atoms. The van der Waals surface area contributed by atoms with E-state index in [0.717, 1.165) is 11.6 Å². The lowest BCUT2D eigenvalue weighted by atomic mass is 10.1. The molecule has 124 valence electrons. The molecule has 1 aliphatic rings. The standard InChI is InChI=1S/C15H20N4O3S/c1-3-11(14(20)17-13-8-10(2)22-18-13)19-5-6-21-12(9-19)15-16-4-7-23-15/h4,7-8,11-12H,3,5-6,9H2,1-2H3,(H,17,18,20)/t11-,12+/m1/s1. The number of carbonyl (C=O) groups excluding carboxylic acids is 1. The summed E-state index contributed by atoms with van der Waals surface area (Å²) in [6.07, 6.45) is 2.42. The number of hydrogen-bond donors (Lipinski definition) is 1. The molecule has 1 saturated heterocycles. The topological polar surface area (TPSA) is 80.5 Å². The van der Waals surface area contributed by atoms with Crippen LogP contribution in [0.15, 0.2) is 22.2 Å². The maximum Gasteiger partial charge on any atom is 0.242 e. The molecule has 0 spiro atoms. The summed E-state index contributed by atoms with van der Waals surface area (Å²) < 4.78 is 10.8. The fourth-order valence-corrected chi connectivity index (χ4v) is 3.42. The summed E-state index contributed by atoms with van der Waals surface area (Å²) >= 11 is 1.58. The number of ether oxygens (including phenoxy) is 1. The van der Waals surface area contributed by atoms with E-state index >= 15 is 0 Å². The van der Waals surface area contributed by atoms with Crippen LogP contribution in [0.4, 0.5) is 5.82 Å². The van der Waals surface area contributed by atoms with Gasteiger partial charge in [0.05, 0.1) is 12.6 Å². The van der Waals surface area contributed by atoms with E-state index in [9.17, 15) is 4.79 Å². The zero-order valence-electron chi connectivity index (χ0n) is 13.2. The van der Waals surface area contributed by atoms with Gasteiger partial charge in [-0.2, -0.15) is 0 Å². The maximum atomic E-state index is 12.6. The van der Waals surface area contributed by atoms with Crippen molar-refractivity contribution in [3.63, 3.8) is 0 Å². The molecule has 0 radical (unpaired) electrons. The van der Waals surface area contributed by atoms with Gasteiger partial charge in [0.2, 0.25) is 5.91 Å². The average molecular weight is 336 g/mol. The lowest BCUT2D eigenvalue weighted by Crippen LogP contribution is -2.49. The third-order valence-corrected chi connectivity index (χ3v) is 4.70. The van der Waals surface area contributed by atoms with Crippen LogP contribution in [-0.2, 0) is 9.53 Å². The molecule has 7 nitrogen and oxygen atoms in total. The summed E-state index contributed by atoms with van der Waals surface area (Å²) in [7, 11) is 0. The van der Waals surface area contributed by atoms with Gasteiger partial charge in [0.15, 0.2) is 5.82 Å². The highest BCUT2D eigenvalue weighted by Gasteiger charge is 2.31. The van der Waals surface area contributed by atoms with Crippen LogP contribution in [-0.4, -0.2) is 46.7 Å². The Bertz CT molecular complexity index is 643. The second-order valence-corrected chi connectivity index (χ2v) is 6.39. The predicted octanol–water partition coefficient (Wildman–Crippen LogP) is 2.23. The molecule has 2 atom stereocenters. The quantitative estimate of drug-likeness (QED) is 0.902. The number of nitrogens with zero attached hydrogens (tertiary/aromatic N) is 3. The minimum absolute atomic E-state index is 0.0689. The van der Waals surface area contributed by atoms with Gasteiger partial charge in [-0.25, -0.2) is 4.98 Å². The van der Waals surface area contributed by atoms with E-state index in [1.807, 2.05) is 12.3 Å². The number of anilines is 1. The average Bonchev–Trinajstić information content (AvgIpc) is 3.20. The molecule has 0 saturated carbocycles. The first-order valence-corrected chi connectivity index (χ1v) is 8.54. The highest BCUT2D eigenvalue weighted by Crippen LogP contribution is 2.25. The first-order chi connectivity index (χ1) is 11.2. The minimum atomic E-state index is -0.224. The fraction of sp³-hybridized carbons (Fsp3) is 0.533. The molecule has 1 N–H and O–H groups in total. The Morgan fingerprint density at radius 3 is 3.13 bits per heavy atom. The summed E-state index contributed by atoms with van der Waals surface area (Å²) in [6.45, 7) is 5.78. The smallest absolute Gasteiger partial charge is 0.242 e. The summed E-state index contributed by atoms with van der Waals surface area (Å²) in [4.78, 5) is 19.0. The Kier molecular flexibility index (Phi) is 5.04. The number of aryl methyl sites for hydroxylation is 1. The number of aromatic nitrogens is 2. The zero-order valence-corrected chi connectivity index (χ0v) is 14.0. The third kappa shape index (κ3) is 3.77. The first kappa shape index (κ1) is 16.1. The molecule has 2 aromatic rings. The summed E-state index contributed by atoms with van der Waals surface area (Å²) in [5.74, 6) is 1.06. The van der Waals surface area contributed by atoms with Crippen LogP contribution in [0.2, 0.25) is 0 Å². The molecule has 1 amide bonds. The number of amides is 1. The Morgan fingerprint density at radius 2 is 2.48 bits per heavy atom. The second-order valence-electron chi connectivity index (χ2n) is 5.46. The van der Waals surface area contributed by atoms with Crippen molar-refractivity contribution in [2.45, 2.75) is 32.4 Å². The van der Waals surface area contributed by atoms with Crippen LogP contribution >= 0.6 is 11.3 Å². The maximum absolute atomic E-state index is 12.6. The third-order valence-electron chi connectivity index (χ3n) is 3.83. The van der Waals surface area contributed by atoms with E-state index in [2.05, 4.69) is 20.4 Å². The summed E-state index contributed by atoms with van der Waals surface area (Å²) in [6, 6.07) is 1.49. The number of carbonyl (C=O) groups is 1. The van der Waals surface area contributed by atoms with Crippen LogP contribution in [0.1, 0.15) is 30.2 Å². The van der Waals surface area contributed by atoms with E-state index in [-0.39, 0.29) is 18.1 Å². The Hall–Kier alpha value is -1.77. The van der Waals surface area contributed by atoms with E-state index in [1.54, 1.807) is 30.5 Å². The van der Waals surface area contributed by atoms with Gasteiger partial charge >= 0.3 is 0 Å². The number of hydrogen-bond acceptors (Lipinski definition) is 7. The van der Waals surface area contributed by atoms with E-state index in [1.165, 1.54) is 0 Å². The summed E-state index contributed by atoms with van der Waals surface area (Å²) in [5, 5.41) is 9.53. The van der Waals surface area contributed by atoms with Gasteiger partial charge in [-0.15, -0.1) is 11.3 Å². The highest BCUT2D eigenvalue weighted by atomic mass is 32.1. The molecule has 1 fully saturated rings. The van der Waals surface area contributed by atoms with Gasteiger partial charge in [0.25, 0.3) is 0 Å². The Morgan fingerprint density at radius 1 is 1.61 bits per heavy atom. The van der Waals surface area contributed by atoms with E-state index < -0.39 is 0 Å². The van der Waals surface area contributed by atoms with Crippen LogP contribution in [0, 0.1) is 6.92 Å². The monoisotopic (exact) mass is 336 g/mol. The fourth-order valence-electron chi connectivity index (χ4n) is 2.74. The molecule has 8 heteroatoms. The molecule has 23 heavy (non-hydrogen) atoms. The lowest BCUT2D eigenvalue weighted by molar-refractivity contribution is -0.125. The first-order valence-electron chi connectivity index (χ1n) is 7.66. The molecular weight excluding hydrogens is 316 g/mol. The Balaban J connectivity index is 1.66. The SMILES string of the molecule is CC[C@H](C(=O)Nc1cc(C)on1)N1CCO[C@H](c2nccs2)C1. The van der Waals surface area contributed by atoms with Crippen molar-refractivity contribution in [1.82, 2.24) is 15.0 Å². The van der Waals surface area contributed by atoms with Crippen molar-refractivity contribution in [1.29, 1.82) is 0 Å². The number of morpholine rings is 1. The zero-order chi connectivity index (χ0) is 16.2. The van der Waals surface area contributed by atoms with Crippen molar-refractivity contribution < 1.29 is 14.1 Å². The predicted molar refractivity (Wildman–Crippen MR) is 86.3 cm³/mol. The molecule has 1 aliphatic heterocycles. The number of thiazole rings is 1. The van der Waals surface area contributed by atoms with Gasteiger partial charge in [-0.1, -0.05) is 12.1 Å². The minimum Gasteiger partial charge on any atom is -0.368 e. The van der Waals surface area contributed by atoms with Crippen LogP contribution in [0.25, 0.3) is 0 Å². The van der Waals surface area contributed by atoms with Crippen LogP contribution in [0.3, 0.4) is 0 Å².